The van der Waals surface area contributed by atoms with Gasteiger partial charge in [0.05, 0.1) is 0 Å². The number of carboxylic acid groups (broad SMARTS) is 3. The van der Waals surface area contributed by atoms with E-state index in [0.29, 0.717) is 11.1 Å². The summed E-state index contributed by atoms with van der Waals surface area (Å²) < 4.78 is 0. The number of allylic oxidation sites excluding steroid dienone is 3. The minimum absolute atomic E-state index is 0.321. The number of aromatic carboxylic acids is 2. The number of benzene rings is 2. The predicted octanol–water partition coefficient (Wildman–Crippen LogP) is 2.39. The Morgan fingerprint density at radius 2 is 1.26 bits per heavy atom. The lowest BCUT2D eigenvalue weighted by molar-refractivity contribution is -0.134. The predicted molar refractivity (Wildman–Crippen MR) is 105 cm³/mol. The molecule has 0 fully saturated rings. The highest BCUT2D eigenvalue weighted by Crippen LogP contribution is 2.39. The van der Waals surface area contributed by atoms with Crippen LogP contribution in [0.5, 0.6) is 11.5 Å². The number of aliphatic carboxylic acids is 1. The Morgan fingerprint density at radius 1 is 0.774 bits per heavy atom. The molecule has 1 atom stereocenters. The van der Waals surface area contributed by atoms with Crippen molar-refractivity contribution < 1.29 is 44.7 Å². The highest BCUT2D eigenvalue weighted by Gasteiger charge is 2.30. The first-order valence-corrected chi connectivity index (χ1v) is 8.90. The van der Waals surface area contributed by atoms with Gasteiger partial charge in [-0.15, -0.1) is 0 Å². The molecule has 0 unspecified atom stereocenters. The number of carbonyl (C=O) groups excluding carboxylic acids is 1. The van der Waals surface area contributed by atoms with E-state index in [1.807, 2.05) is 0 Å². The number of phenols is 2. The zero-order chi connectivity index (χ0) is 22.9. The van der Waals surface area contributed by atoms with E-state index in [0.717, 1.165) is 18.2 Å². The SMILES string of the molecule is O=C(O)C1=C[C@H](C(c2ccc(O)c(C(=O)O)c2)c2ccc(O)c(C(=O)O)c2)C=CC1=O. The summed E-state index contributed by atoms with van der Waals surface area (Å²) in [4.78, 5) is 46.3. The summed E-state index contributed by atoms with van der Waals surface area (Å²) in [6.07, 6.45) is 3.72. The Balaban J connectivity index is 2.24. The number of carboxylic acids is 3. The van der Waals surface area contributed by atoms with Crippen molar-refractivity contribution in [3.63, 3.8) is 0 Å². The molecule has 0 spiro atoms. The number of rotatable bonds is 6. The maximum atomic E-state index is 11.9. The van der Waals surface area contributed by atoms with Crippen molar-refractivity contribution in [2.75, 3.05) is 0 Å². The molecule has 0 aromatic heterocycles. The summed E-state index contributed by atoms with van der Waals surface area (Å²) in [6.45, 7) is 0. The van der Waals surface area contributed by atoms with E-state index >= 15 is 0 Å². The van der Waals surface area contributed by atoms with E-state index in [9.17, 15) is 44.7 Å². The van der Waals surface area contributed by atoms with E-state index in [4.69, 9.17) is 0 Å². The topological polar surface area (TPSA) is 169 Å². The molecule has 0 saturated carbocycles. The first kappa shape index (κ1) is 21.3. The van der Waals surface area contributed by atoms with Gasteiger partial charge < -0.3 is 25.5 Å². The van der Waals surface area contributed by atoms with E-state index in [2.05, 4.69) is 0 Å². The molecule has 158 valence electrons. The average molecular weight is 424 g/mol. The van der Waals surface area contributed by atoms with E-state index in [1.165, 1.54) is 36.4 Å². The number of aromatic hydroxyl groups is 2. The van der Waals surface area contributed by atoms with Gasteiger partial charge in [0.2, 0.25) is 0 Å². The quantitative estimate of drug-likeness (QED) is 0.437. The minimum atomic E-state index is -1.44. The maximum Gasteiger partial charge on any atom is 0.339 e. The zero-order valence-electron chi connectivity index (χ0n) is 15.7. The second-order valence-corrected chi connectivity index (χ2v) is 6.83. The van der Waals surface area contributed by atoms with Crippen LogP contribution in [0, 0.1) is 5.92 Å². The van der Waals surface area contributed by atoms with Crippen molar-refractivity contribution in [2.45, 2.75) is 5.92 Å². The first-order valence-electron chi connectivity index (χ1n) is 8.90. The molecule has 2 aromatic carbocycles. The summed E-state index contributed by atoms with van der Waals surface area (Å²) in [7, 11) is 0. The van der Waals surface area contributed by atoms with Crippen LogP contribution in [0.25, 0.3) is 0 Å². The molecule has 1 aliphatic carbocycles. The number of hydrogen-bond acceptors (Lipinski definition) is 6. The van der Waals surface area contributed by atoms with Gasteiger partial charge in [-0.2, -0.15) is 0 Å². The fourth-order valence-corrected chi connectivity index (χ4v) is 3.48. The van der Waals surface area contributed by atoms with Crippen LogP contribution >= 0.6 is 0 Å². The van der Waals surface area contributed by atoms with Gasteiger partial charge in [-0.05, 0) is 41.5 Å². The number of hydrogen-bond donors (Lipinski definition) is 5. The summed E-state index contributed by atoms with van der Waals surface area (Å²) in [5.74, 6) is -7.50. The van der Waals surface area contributed by atoms with Crippen LogP contribution in [0.3, 0.4) is 0 Å². The zero-order valence-corrected chi connectivity index (χ0v) is 15.7. The molecule has 0 radical (unpaired) electrons. The molecule has 0 bridgehead atoms. The van der Waals surface area contributed by atoms with E-state index < -0.39 is 63.7 Å². The summed E-state index contributed by atoms with van der Waals surface area (Å²) in [5.41, 5.74) is -0.646. The third kappa shape index (κ3) is 4.15. The van der Waals surface area contributed by atoms with Gasteiger partial charge in [0.15, 0.2) is 5.78 Å². The molecule has 0 saturated heterocycles. The monoisotopic (exact) mass is 424 g/mol. The third-order valence-corrected chi connectivity index (χ3v) is 4.93. The first-order chi connectivity index (χ1) is 14.6. The highest BCUT2D eigenvalue weighted by molar-refractivity contribution is 6.21. The molecular weight excluding hydrogens is 408 g/mol. The standard InChI is InChI=1S/C22H16O9/c23-16-4-1-10(7-13(16)20(26)27)19(11-2-5-17(24)14(8-11)21(28)29)12-3-6-18(25)15(9-12)22(30)31/h1-10,19,24-25H,(H,26,27)(H,28,29)(H,30,31)/t10-/m1/s1. The maximum absolute atomic E-state index is 11.9. The van der Waals surface area contributed by atoms with Crippen LogP contribution < -0.4 is 0 Å². The van der Waals surface area contributed by atoms with Crippen LogP contribution in [0.4, 0.5) is 0 Å². The van der Waals surface area contributed by atoms with Crippen molar-refractivity contribution >= 4 is 23.7 Å². The van der Waals surface area contributed by atoms with E-state index in [-0.39, 0.29) is 0 Å². The van der Waals surface area contributed by atoms with Crippen molar-refractivity contribution in [1.82, 2.24) is 0 Å². The molecule has 1 aliphatic rings. The van der Waals surface area contributed by atoms with Gasteiger partial charge in [0.1, 0.15) is 28.2 Å². The van der Waals surface area contributed by atoms with Crippen molar-refractivity contribution in [1.29, 1.82) is 0 Å². The normalized spacial score (nSPS) is 15.6. The van der Waals surface area contributed by atoms with Crippen LogP contribution in [-0.2, 0) is 9.59 Å². The Morgan fingerprint density at radius 3 is 1.68 bits per heavy atom. The van der Waals surface area contributed by atoms with Gasteiger partial charge >= 0.3 is 17.9 Å². The molecule has 31 heavy (non-hydrogen) atoms. The molecule has 0 heterocycles. The van der Waals surface area contributed by atoms with Crippen molar-refractivity contribution in [2.24, 2.45) is 5.92 Å². The molecule has 2 aromatic rings. The Bertz CT molecular complexity index is 1110. The largest absolute Gasteiger partial charge is 0.507 e. The molecule has 0 aliphatic heterocycles. The van der Waals surface area contributed by atoms with Crippen LogP contribution in [0.1, 0.15) is 37.8 Å². The van der Waals surface area contributed by atoms with Gasteiger partial charge in [-0.25, -0.2) is 14.4 Å². The highest BCUT2D eigenvalue weighted by atomic mass is 16.4. The summed E-state index contributed by atoms with van der Waals surface area (Å²) >= 11 is 0. The Labute approximate surface area is 174 Å². The molecule has 3 rings (SSSR count). The van der Waals surface area contributed by atoms with Crippen molar-refractivity contribution in [3.05, 3.63) is 82.5 Å². The number of carbonyl (C=O) groups is 4. The second kappa shape index (κ2) is 8.15. The van der Waals surface area contributed by atoms with Crippen LogP contribution in [0.15, 0.2) is 60.2 Å². The van der Waals surface area contributed by atoms with Gasteiger partial charge in [0.25, 0.3) is 0 Å². The second-order valence-electron chi connectivity index (χ2n) is 6.83. The summed E-state index contributed by atoms with van der Waals surface area (Å²) in [6, 6.07) is 7.52. The van der Waals surface area contributed by atoms with Gasteiger partial charge in [-0.1, -0.05) is 24.3 Å². The lowest BCUT2D eigenvalue weighted by Gasteiger charge is -2.26. The van der Waals surface area contributed by atoms with Crippen LogP contribution in [-0.4, -0.2) is 49.2 Å². The van der Waals surface area contributed by atoms with Gasteiger partial charge in [-0.3, -0.25) is 4.79 Å². The molecule has 9 nitrogen and oxygen atoms in total. The fraction of sp³-hybridized carbons (Fsp3) is 0.0909. The molecule has 9 heteroatoms. The van der Waals surface area contributed by atoms with E-state index in [1.54, 1.807) is 0 Å². The van der Waals surface area contributed by atoms with Gasteiger partial charge in [0, 0.05) is 11.8 Å². The smallest absolute Gasteiger partial charge is 0.339 e. The third-order valence-electron chi connectivity index (χ3n) is 4.93. The minimum Gasteiger partial charge on any atom is -0.507 e. The van der Waals surface area contributed by atoms with Crippen molar-refractivity contribution in [3.8, 4) is 11.5 Å². The number of ketones is 1. The molecule has 5 N–H and O–H groups in total. The Kier molecular flexibility index (Phi) is 5.60. The average Bonchev–Trinajstić information content (AvgIpc) is 2.71. The summed E-state index contributed by atoms with van der Waals surface area (Å²) in [5, 5.41) is 47.6. The molecule has 0 amide bonds. The van der Waals surface area contributed by atoms with Crippen LogP contribution in [0.2, 0.25) is 0 Å². The lowest BCUT2D eigenvalue weighted by atomic mass is 9.77. The lowest BCUT2D eigenvalue weighted by Crippen LogP contribution is -2.20. The fourth-order valence-electron chi connectivity index (χ4n) is 3.48. The molecular formula is C22H16O9. The Hall–Kier alpha value is -4.40.